The highest BCUT2D eigenvalue weighted by atomic mass is 16.5. The van der Waals surface area contributed by atoms with Crippen molar-refractivity contribution in [2.24, 2.45) is 5.92 Å². The van der Waals surface area contributed by atoms with E-state index < -0.39 is 0 Å². The summed E-state index contributed by atoms with van der Waals surface area (Å²) in [7, 11) is 3.82. The maximum absolute atomic E-state index is 5.37. The van der Waals surface area contributed by atoms with Crippen LogP contribution in [-0.2, 0) is 6.42 Å². The Labute approximate surface area is 121 Å². The molecule has 106 valence electrons. The molecule has 0 bridgehead atoms. The van der Waals surface area contributed by atoms with E-state index in [2.05, 4.69) is 42.7 Å². The normalized spacial score (nSPS) is 16.9. The van der Waals surface area contributed by atoms with Gasteiger partial charge >= 0.3 is 0 Å². The first-order valence-electron chi connectivity index (χ1n) is 7.54. The van der Waals surface area contributed by atoms with E-state index >= 15 is 0 Å². The first kappa shape index (κ1) is 13.4. The molecule has 1 aliphatic carbocycles. The molecule has 1 saturated carbocycles. The van der Waals surface area contributed by atoms with Gasteiger partial charge in [-0.05, 0) is 60.7 Å². The number of likely N-dealkylation sites (N-methyl/N-ethyl adjacent to an activating group) is 1. The lowest BCUT2D eigenvalue weighted by Gasteiger charge is -2.34. The van der Waals surface area contributed by atoms with E-state index in [1.54, 1.807) is 7.11 Å². The van der Waals surface area contributed by atoms with Crippen LogP contribution in [0, 0.1) is 5.92 Å². The van der Waals surface area contributed by atoms with Crippen LogP contribution >= 0.6 is 0 Å². The molecular weight excluding hydrogens is 246 g/mol. The molecule has 2 aromatic carbocycles. The fourth-order valence-electron chi connectivity index (χ4n) is 3.21. The summed E-state index contributed by atoms with van der Waals surface area (Å²) in [5.41, 5.74) is 1.42. The molecule has 0 saturated heterocycles. The lowest BCUT2D eigenvalue weighted by Crippen LogP contribution is -2.39. The molecule has 0 aliphatic heterocycles. The largest absolute Gasteiger partial charge is 0.497 e. The Morgan fingerprint density at radius 3 is 2.75 bits per heavy atom. The van der Waals surface area contributed by atoms with Gasteiger partial charge in [0.2, 0.25) is 0 Å². The Balaban J connectivity index is 1.93. The summed E-state index contributed by atoms with van der Waals surface area (Å²) in [4.78, 5) is 0. The molecule has 1 N–H and O–H groups in total. The molecule has 0 heterocycles. The Bertz CT molecular complexity index is 589. The second-order valence-corrected chi connectivity index (χ2v) is 5.79. The molecule has 1 fully saturated rings. The zero-order valence-electron chi connectivity index (χ0n) is 12.4. The van der Waals surface area contributed by atoms with Gasteiger partial charge in [0.1, 0.15) is 5.75 Å². The minimum Gasteiger partial charge on any atom is -0.497 e. The predicted molar refractivity (Wildman–Crippen MR) is 84.4 cm³/mol. The number of hydrogen-bond acceptors (Lipinski definition) is 2. The van der Waals surface area contributed by atoms with Gasteiger partial charge in [0.05, 0.1) is 7.11 Å². The van der Waals surface area contributed by atoms with E-state index in [9.17, 15) is 0 Å². The summed E-state index contributed by atoms with van der Waals surface area (Å²) in [5.74, 6) is 1.79. The van der Waals surface area contributed by atoms with Gasteiger partial charge in [0, 0.05) is 6.04 Å². The Hall–Kier alpha value is -1.54. The zero-order chi connectivity index (χ0) is 13.9. The zero-order valence-corrected chi connectivity index (χ0v) is 12.4. The van der Waals surface area contributed by atoms with Gasteiger partial charge < -0.3 is 10.1 Å². The van der Waals surface area contributed by atoms with E-state index in [4.69, 9.17) is 4.74 Å². The highest BCUT2D eigenvalue weighted by Crippen LogP contribution is 2.32. The first-order chi connectivity index (χ1) is 9.81. The van der Waals surface area contributed by atoms with Gasteiger partial charge in [-0.3, -0.25) is 0 Å². The minimum absolute atomic E-state index is 0.598. The monoisotopic (exact) mass is 269 g/mol. The summed E-state index contributed by atoms with van der Waals surface area (Å²) in [6.07, 6.45) is 5.25. The number of benzene rings is 2. The summed E-state index contributed by atoms with van der Waals surface area (Å²) in [6, 6.07) is 13.5. The number of methoxy groups -OCH3 is 1. The minimum atomic E-state index is 0.598. The van der Waals surface area contributed by atoms with Crippen molar-refractivity contribution in [1.29, 1.82) is 0 Å². The SMILES string of the molecule is CNC(Cc1cccc2ccc(OC)cc12)C1CCC1. The third kappa shape index (κ3) is 2.53. The molecule has 1 aliphatic rings. The third-order valence-electron chi connectivity index (χ3n) is 4.71. The summed E-state index contributed by atoms with van der Waals surface area (Å²) in [6.45, 7) is 0. The lowest BCUT2D eigenvalue weighted by atomic mass is 9.77. The van der Waals surface area contributed by atoms with E-state index in [0.717, 1.165) is 18.1 Å². The van der Waals surface area contributed by atoms with Gasteiger partial charge in [0.15, 0.2) is 0 Å². The van der Waals surface area contributed by atoms with Crippen molar-refractivity contribution in [2.45, 2.75) is 31.7 Å². The molecule has 20 heavy (non-hydrogen) atoms. The molecule has 1 atom stereocenters. The topological polar surface area (TPSA) is 21.3 Å². The number of rotatable bonds is 5. The molecule has 2 nitrogen and oxygen atoms in total. The van der Waals surface area contributed by atoms with Crippen LogP contribution in [0.4, 0.5) is 0 Å². The molecule has 3 rings (SSSR count). The van der Waals surface area contributed by atoms with Crippen molar-refractivity contribution in [1.82, 2.24) is 5.32 Å². The van der Waals surface area contributed by atoms with E-state index in [1.807, 2.05) is 6.07 Å². The molecule has 2 heteroatoms. The van der Waals surface area contributed by atoms with Crippen LogP contribution in [0.15, 0.2) is 36.4 Å². The molecule has 0 radical (unpaired) electrons. The second kappa shape index (κ2) is 5.84. The Kier molecular flexibility index (Phi) is 3.93. The molecule has 0 aromatic heterocycles. The summed E-state index contributed by atoms with van der Waals surface area (Å²) in [5, 5.41) is 6.14. The number of hydrogen-bond donors (Lipinski definition) is 1. The average Bonchev–Trinajstić information content (AvgIpc) is 2.44. The third-order valence-corrected chi connectivity index (χ3v) is 4.71. The highest BCUT2D eigenvalue weighted by molar-refractivity contribution is 5.87. The highest BCUT2D eigenvalue weighted by Gasteiger charge is 2.26. The second-order valence-electron chi connectivity index (χ2n) is 5.79. The van der Waals surface area contributed by atoms with Crippen molar-refractivity contribution in [2.75, 3.05) is 14.2 Å². The van der Waals surface area contributed by atoms with Crippen LogP contribution in [0.2, 0.25) is 0 Å². The number of nitrogens with one attached hydrogen (secondary N) is 1. The molecule has 1 unspecified atom stereocenters. The molecule has 0 spiro atoms. The fourth-order valence-corrected chi connectivity index (χ4v) is 3.21. The van der Waals surface area contributed by atoms with Gasteiger partial charge in [-0.1, -0.05) is 30.7 Å². The Morgan fingerprint density at radius 1 is 1.25 bits per heavy atom. The number of fused-ring (bicyclic) bond motifs is 1. The maximum Gasteiger partial charge on any atom is 0.119 e. The van der Waals surface area contributed by atoms with Crippen LogP contribution in [0.25, 0.3) is 10.8 Å². The van der Waals surface area contributed by atoms with Crippen LogP contribution in [-0.4, -0.2) is 20.2 Å². The van der Waals surface area contributed by atoms with E-state index in [0.29, 0.717) is 6.04 Å². The van der Waals surface area contributed by atoms with Crippen LogP contribution in [0.1, 0.15) is 24.8 Å². The van der Waals surface area contributed by atoms with Crippen LogP contribution in [0.3, 0.4) is 0 Å². The fraction of sp³-hybridized carbons (Fsp3) is 0.444. The van der Waals surface area contributed by atoms with Gasteiger partial charge in [-0.2, -0.15) is 0 Å². The molecular formula is C18H23NO. The van der Waals surface area contributed by atoms with Crippen molar-refractivity contribution in [3.63, 3.8) is 0 Å². The summed E-state index contributed by atoms with van der Waals surface area (Å²) >= 11 is 0. The smallest absolute Gasteiger partial charge is 0.119 e. The standard InChI is InChI=1S/C18H23NO/c1-19-18(14-6-4-7-14)11-15-8-3-5-13-9-10-16(20-2)12-17(13)15/h3,5,8-10,12,14,18-19H,4,6-7,11H2,1-2H3. The van der Waals surface area contributed by atoms with Gasteiger partial charge in [0.25, 0.3) is 0 Å². The summed E-state index contributed by atoms with van der Waals surface area (Å²) < 4.78 is 5.37. The average molecular weight is 269 g/mol. The van der Waals surface area contributed by atoms with Crippen molar-refractivity contribution in [3.8, 4) is 5.75 Å². The van der Waals surface area contributed by atoms with E-state index in [1.165, 1.54) is 35.6 Å². The Morgan fingerprint density at radius 2 is 2.10 bits per heavy atom. The van der Waals surface area contributed by atoms with Gasteiger partial charge in [-0.15, -0.1) is 0 Å². The quantitative estimate of drug-likeness (QED) is 0.892. The van der Waals surface area contributed by atoms with Crippen LogP contribution in [0.5, 0.6) is 5.75 Å². The van der Waals surface area contributed by atoms with E-state index in [-0.39, 0.29) is 0 Å². The number of ether oxygens (including phenoxy) is 1. The van der Waals surface area contributed by atoms with Gasteiger partial charge in [-0.25, -0.2) is 0 Å². The molecule has 0 amide bonds. The van der Waals surface area contributed by atoms with Crippen LogP contribution < -0.4 is 10.1 Å². The maximum atomic E-state index is 5.37. The van der Waals surface area contributed by atoms with Crippen molar-refractivity contribution >= 4 is 10.8 Å². The predicted octanol–water partition coefficient (Wildman–Crippen LogP) is 3.78. The lowest BCUT2D eigenvalue weighted by molar-refractivity contribution is 0.236. The first-order valence-corrected chi connectivity index (χ1v) is 7.54. The molecule has 2 aromatic rings. The van der Waals surface area contributed by atoms with Crippen molar-refractivity contribution < 1.29 is 4.74 Å². The van der Waals surface area contributed by atoms with Crippen molar-refractivity contribution in [3.05, 3.63) is 42.0 Å².